The molecule has 2 rings (SSSR count). The first-order valence-electron chi connectivity index (χ1n) is 7.07. The smallest absolute Gasteiger partial charge is 0.250 e. The average Bonchev–Trinajstić information content (AvgIpc) is 2.77. The second kappa shape index (κ2) is 6.13. The summed E-state index contributed by atoms with van der Waals surface area (Å²) in [5.74, 6) is 0. The number of hydrogen-bond acceptors (Lipinski definition) is 4. The van der Waals surface area contributed by atoms with Crippen LogP contribution in [0.1, 0.15) is 45.1 Å². The molecule has 6 heteroatoms. The molecule has 1 aromatic rings. The van der Waals surface area contributed by atoms with Gasteiger partial charge < -0.3 is 5.32 Å². The van der Waals surface area contributed by atoms with Gasteiger partial charge in [-0.25, -0.2) is 13.1 Å². The SMILES string of the molecule is CNCc1csc(S(=O)(=O)NC2CCCC(C)(C)C2)c1. The van der Waals surface area contributed by atoms with Gasteiger partial charge >= 0.3 is 0 Å². The quantitative estimate of drug-likeness (QED) is 0.878. The molecule has 114 valence electrons. The summed E-state index contributed by atoms with van der Waals surface area (Å²) in [4.78, 5) is 0. The number of thiophene rings is 1. The van der Waals surface area contributed by atoms with Crippen molar-refractivity contribution in [3.05, 3.63) is 17.0 Å². The van der Waals surface area contributed by atoms with Crippen molar-refractivity contribution in [1.82, 2.24) is 10.0 Å². The lowest BCUT2D eigenvalue weighted by atomic mass is 9.75. The number of sulfonamides is 1. The van der Waals surface area contributed by atoms with E-state index in [1.54, 1.807) is 6.07 Å². The van der Waals surface area contributed by atoms with E-state index >= 15 is 0 Å². The van der Waals surface area contributed by atoms with Gasteiger partial charge in [0.1, 0.15) is 4.21 Å². The van der Waals surface area contributed by atoms with Gasteiger partial charge in [-0.05, 0) is 48.7 Å². The van der Waals surface area contributed by atoms with Crippen molar-refractivity contribution in [2.24, 2.45) is 5.41 Å². The summed E-state index contributed by atoms with van der Waals surface area (Å²) < 4.78 is 28.1. The highest BCUT2D eigenvalue weighted by Crippen LogP contribution is 2.35. The predicted molar refractivity (Wildman–Crippen MR) is 83.4 cm³/mol. The molecule has 0 amide bonds. The Kier molecular flexibility index (Phi) is 4.89. The lowest BCUT2D eigenvalue weighted by molar-refractivity contribution is 0.212. The molecule has 4 nitrogen and oxygen atoms in total. The van der Waals surface area contributed by atoms with Gasteiger partial charge in [-0.1, -0.05) is 20.3 Å². The maximum atomic E-state index is 12.4. The molecule has 1 heterocycles. The van der Waals surface area contributed by atoms with Crippen LogP contribution in [0.4, 0.5) is 0 Å². The van der Waals surface area contributed by atoms with Crippen molar-refractivity contribution in [1.29, 1.82) is 0 Å². The van der Waals surface area contributed by atoms with E-state index in [-0.39, 0.29) is 11.5 Å². The fraction of sp³-hybridized carbons (Fsp3) is 0.714. The Morgan fingerprint density at radius 3 is 2.85 bits per heavy atom. The molecule has 20 heavy (non-hydrogen) atoms. The van der Waals surface area contributed by atoms with Crippen LogP contribution in [0.15, 0.2) is 15.7 Å². The Morgan fingerprint density at radius 2 is 2.20 bits per heavy atom. The summed E-state index contributed by atoms with van der Waals surface area (Å²) >= 11 is 1.29. The standard InChI is InChI=1S/C14H24N2O2S2/c1-14(2)6-4-5-12(8-14)16-20(17,18)13-7-11(9-15-3)10-19-13/h7,10,12,15-16H,4-6,8-9H2,1-3H3. The maximum Gasteiger partial charge on any atom is 0.250 e. The molecule has 1 atom stereocenters. The van der Waals surface area contributed by atoms with Crippen molar-refractivity contribution in [3.8, 4) is 0 Å². The monoisotopic (exact) mass is 316 g/mol. The molecule has 1 aromatic heterocycles. The second-order valence-corrected chi connectivity index (χ2v) is 9.24. The zero-order valence-electron chi connectivity index (χ0n) is 12.4. The number of nitrogens with one attached hydrogen (secondary N) is 2. The van der Waals surface area contributed by atoms with E-state index in [2.05, 4.69) is 23.9 Å². The van der Waals surface area contributed by atoms with Crippen LogP contribution < -0.4 is 10.0 Å². The molecular weight excluding hydrogens is 292 g/mol. The molecule has 2 N–H and O–H groups in total. The van der Waals surface area contributed by atoms with Gasteiger partial charge in [0.25, 0.3) is 0 Å². The summed E-state index contributed by atoms with van der Waals surface area (Å²) in [6.07, 6.45) is 4.13. The van der Waals surface area contributed by atoms with Crippen molar-refractivity contribution in [3.63, 3.8) is 0 Å². The van der Waals surface area contributed by atoms with Crippen molar-refractivity contribution >= 4 is 21.4 Å². The molecule has 0 bridgehead atoms. The maximum absolute atomic E-state index is 12.4. The second-order valence-electron chi connectivity index (χ2n) is 6.38. The summed E-state index contributed by atoms with van der Waals surface area (Å²) in [5, 5.41) is 4.93. The predicted octanol–water partition coefficient (Wildman–Crippen LogP) is 2.71. The third-order valence-electron chi connectivity index (χ3n) is 3.80. The first kappa shape index (κ1) is 15.9. The van der Waals surface area contributed by atoms with Crippen LogP contribution >= 0.6 is 11.3 Å². The van der Waals surface area contributed by atoms with E-state index in [1.807, 2.05) is 12.4 Å². The van der Waals surface area contributed by atoms with Crippen molar-refractivity contribution in [2.45, 2.75) is 56.3 Å². The Morgan fingerprint density at radius 1 is 1.45 bits per heavy atom. The average molecular weight is 316 g/mol. The Hall–Kier alpha value is -0.430. The number of hydrogen-bond donors (Lipinski definition) is 2. The fourth-order valence-corrected chi connectivity index (χ4v) is 5.36. The summed E-state index contributed by atoms with van der Waals surface area (Å²) in [7, 11) is -1.51. The van der Waals surface area contributed by atoms with E-state index in [0.29, 0.717) is 10.8 Å². The molecule has 1 saturated carbocycles. The third-order valence-corrected chi connectivity index (χ3v) is 6.81. The van der Waals surface area contributed by atoms with E-state index in [1.165, 1.54) is 17.8 Å². The minimum absolute atomic E-state index is 0.0681. The van der Waals surface area contributed by atoms with Crippen LogP contribution in [0.5, 0.6) is 0 Å². The van der Waals surface area contributed by atoms with Crippen molar-refractivity contribution in [2.75, 3.05) is 7.05 Å². The zero-order chi connectivity index (χ0) is 14.8. The highest BCUT2D eigenvalue weighted by Gasteiger charge is 2.31. The molecule has 0 aliphatic heterocycles. The molecule has 0 spiro atoms. The van der Waals surface area contributed by atoms with E-state index < -0.39 is 10.0 Å². The van der Waals surface area contributed by atoms with Gasteiger partial charge in [-0.15, -0.1) is 11.3 Å². The van der Waals surface area contributed by atoms with Gasteiger partial charge in [0, 0.05) is 12.6 Å². The summed E-state index contributed by atoms with van der Waals surface area (Å²) in [6.45, 7) is 5.12. The molecular formula is C14H24N2O2S2. The van der Waals surface area contributed by atoms with Gasteiger partial charge in [-0.2, -0.15) is 0 Å². The molecule has 1 aliphatic carbocycles. The normalized spacial score (nSPS) is 22.9. The summed E-state index contributed by atoms with van der Waals surface area (Å²) in [6, 6.07) is 1.83. The number of rotatable bonds is 5. The first-order valence-corrected chi connectivity index (χ1v) is 9.43. The Bertz CT molecular complexity index is 549. The topological polar surface area (TPSA) is 58.2 Å². The lowest BCUT2D eigenvalue weighted by Gasteiger charge is -2.35. The largest absolute Gasteiger partial charge is 0.316 e. The van der Waals surface area contributed by atoms with Gasteiger partial charge in [0.2, 0.25) is 10.0 Å². The van der Waals surface area contributed by atoms with Crippen LogP contribution in [0.2, 0.25) is 0 Å². The van der Waals surface area contributed by atoms with Crippen LogP contribution in [0.25, 0.3) is 0 Å². The van der Waals surface area contributed by atoms with Crippen LogP contribution in [-0.2, 0) is 16.6 Å². The molecule has 1 aliphatic rings. The zero-order valence-corrected chi connectivity index (χ0v) is 14.0. The van der Waals surface area contributed by atoms with Gasteiger partial charge in [0.15, 0.2) is 0 Å². The Labute approximate surface area is 126 Å². The van der Waals surface area contributed by atoms with Crippen LogP contribution in [0, 0.1) is 5.41 Å². The van der Waals surface area contributed by atoms with E-state index in [0.717, 1.165) is 24.8 Å². The van der Waals surface area contributed by atoms with Crippen LogP contribution in [-0.4, -0.2) is 21.5 Å². The Balaban J connectivity index is 2.06. The van der Waals surface area contributed by atoms with Crippen molar-refractivity contribution < 1.29 is 8.42 Å². The molecule has 1 unspecified atom stereocenters. The van der Waals surface area contributed by atoms with E-state index in [4.69, 9.17) is 0 Å². The fourth-order valence-electron chi connectivity index (χ4n) is 2.87. The van der Waals surface area contributed by atoms with E-state index in [9.17, 15) is 8.42 Å². The molecule has 0 saturated heterocycles. The molecule has 0 radical (unpaired) electrons. The van der Waals surface area contributed by atoms with Crippen LogP contribution in [0.3, 0.4) is 0 Å². The lowest BCUT2D eigenvalue weighted by Crippen LogP contribution is -2.40. The highest BCUT2D eigenvalue weighted by atomic mass is 32.2. The first-order chi connectivity index (χ1) is 9.32. The highest BCUT2D eigenvalue weighted by molar-refractivity contribution is 7.91. The van der Waals surface area contributed by atoms with Gasteiger partial charge in [-0.3, -0.25) is 0 Å². The molecule has 1 fully saturated rings. The minimum atomic E-state index is -3.37. The minimum Gasteiger partial charge on any atom is -0.316 e. The van der Waals surface area contributed by atoms with Gasteiger partial charge in [0.05, 0.1) is 0 Å². The molecule has 0 aromatic carbocycles. The third kappa shape index (κ3) is 4.04. The summed E-state index contributed by atoms with van der Waals surface area (Å²) in [5.41, 5.74) is 1.25.